The van der Waals surface area contributed by atoms with Crippen LogP contribution in [-0.4, -0.2) is 21.0 Å². The van der Waals surface area contributed by atoms with Gasteiger partial charge in [-0.15, -0.1) is 0 Å². The fourth-order valence-corrected chi connectivity index (χ4v) is 0.840. The van der Waals surface area contributed by atoms with E-state index in [1.165, 1.54) is 0 Å². The third-order valence-corrected chi connectivity index (χ3v) is 1.23. The quantitative estimate of drug-likeness (QED) is 0.494. The monoisotopic (exact) mass is 170 g/mol. The molecular weight excluding hydrogens is 160 g/mol. The molecule has 0 aliphatic rings. The van der Waals surface area contributed by atoms with Gasteiger partial charge in [0.05, 0.1) is 0 Å². The first-order valence-corrected chi connectivity index (χ1v) is 3.53. The van der Waals surface area contributed by atoms with Crippen molar-refractivity contribution in [1.82, 2.24) is 15.0 Å². The smallest absolute Gasteiger partial charge is 0.328 e. The lowest BCUT2D eigenvalue weighted by Crippen LogP contribution is -2.30. The van der Waals surface area contributed by atoms with Crippen molar-refractivity contribution in [3.63, 3.8) is 0 Å². The van der Waals surface area contributed by atoms with Gasteiger partial charge < -0.3 is 5.73 Å². The van der Waals surface area contributed by atoms with Crippen LogP contribution in [0.4, 0.5) is 0 Å². The molecule has 0 amide bonds. The molecule has 1 atom stereocenters. The highest BCUT2D eigenvalue weighted by atomic mass is 16.2. The molecule has 0 fully saturated rings. The lowest BCUT2D eigenvalue weighted by molar-refractivity contribution is 0.684. The van der Waals surface area contributed by atoms with Crippen molar-refractivity contribution in [2.75, 3.05) is 0 Å². The zero-order chi connectivity index (χ0) is 9.14. The van der Waals surface area contributed by atoms with Gasteiger partial charge in [0.15, 0.2) is 0 Å². The van der Waals surface area contributed by atoms with Crippen molar-refractivity contribution in [3.8, 4) is 0 Å². The summed E-state index contributed by atoms with van der Waals surface area (Å²) in [6, 6.07) is -0.130. The molecule has 4 N–H and O–H groups in total. The van der Waals surface area contributed by atoms with Gasteiger partial charge in [-0.25, -0.2) is 9.59 Å². The van der Waals surface area contributed by atoms with Crippen molar-refractivity contribution < 1.29 is 0 Å². The van der Waals surface area contributed by atoms with E-state index in [9.17, 15) is 9.59 Å². The standard InChI is InChI=1S/C6H10N4O2/c1-3(7)2-4-8-5(11)10-6(12)9-4/h3H,2,7H2,1H3,(H2,8,9,10,11,12). The van der Waals surface area contributed by atoms with Crippen LogP contribution in [-0.2, 0) is 6.42 Å². The summed E-state index contributed by atoms with van der Waals surface area (Å²) in [4.78, 5) is 29.2. The Labute approximate surface area is 67.8 Å². The van der Waals surface area contributed by atoms with E-state index >= 15 is 0 Å². The van der Waals surface area contributed by atoms with Crippen LogP contribution in [0.3, 0.4) is 0 Å². The summed E-state index contributed by atoms with van der Waals surface area (Å²) in [6.45, 7) is 1.77. The second-order valence-electron chi connectivity index (χ2n) is 2.62. The summed E-state index contributed by atoms with van der Waals surface area (Å²) < 4.78 is 0. The van der Waals surface area contributed by atoms with Crippen molar-refractivity contribution in [2.45, 2.75) is 19.4 Å². The molecule has 0 bridgehead atoms. The molecule has 0 radical (unpaired) electrons. The Kier molecular flexibility index (Phi) is 2.39. The highest BCUT2D eigenvalue weighted by Crippen LogP contribution is 1.86. The van der Waals surface area contributed by atoms with Gasteiger partial charge in [-0.05, 0) is 6.92 Å². The lowest BCUT2D eigenvalue weighted by Gasteiger charge is -2.01. The molecule has 6 nitrogen and oxygen atoms in total. The number of aromatic amines is 2. The molecule has 12 heavy (non-hydrogen) atoms. The molecule has 1 aromatic rings. The summed E-state index contributed by atoms with van der Waals surface area (Å²) in [5.41, 5.74) is 4.26. The Bertz CT molecular complexity index is 336. The topological polar surface area (TPSA) is 105 Å². The molecule has 0 saturated carbocycles. The number of rotatable bonds is 2. The second kappa shape index (κ2) is 3.31. The fraction of sp³-hybridized carbons (Fsp3) is 0.500. The number of hydrogen-bond donors (Lipinski definition) is 3. The van der Waals surface area contributed by atoms with Gasteiger partial charge >= 0.3 is 11.4 Å². The zero-order valence-electron chi connectivity index (χ0n) is 6.63. The third kappa shape index (κ3) is 2.31. The van der Waals surface area contributed by atoms with Crippen LogP contribution >= 0.6 is 0 Å². The average molecular weight is 170 g/mol. The van der Waals surface area contributed by atoms with E-state index in [4.69, 9.17) is 5.73 Å². The summed E-state index contributed by atoms with van der Waals surface area (Å²) >= 11 is 0. The van der Waals surface area contributed by atoms with E-state index in [-0.39, 0.29) is 6.04 Å². The van der Waals surface area contributed by atoms with E-state index in [0.717, 1.165) is 0 Å². The molecule has 1 unspecified atom stereocenters. The molecular formula is C6H10N4O2. The molecule has 0 saturated heterocycles. The maximum Gasteiger partial charge on any atom is 0.350 e. The molecule has 0 aliphatic carbocycles. The molecule has 1 heterocycles. The zero-order valence-corrected chi connectivity index (χ0v) is 6.63. The average Bonchev–Trinajstić information content (AvgIpc) is 1.81. The fourth-order valence-electron chi connectivity index (χ4n) is 0.840. The maximum atomic E-state index is 10.7. The predicted molar refractivity (Wildman–Crippen MR) is 42.8 cm³/mol. The number of nitrogens with one attached hydrogen (secondary N) is 2. The van der Waals surface area contributed by atoms with Gasteiger partial charge in [-0.3, -0.25) is 9.97 Å². The summed E-state index contributed by atoms with van der Waals surface area (Å²) in [7, 11) is 0. The normalized spacial score (nSPS) is 12.8. The van der Waals surface area contributed by atoms with E-state index in [2.05, 4.69) is 9.97 Å². The molecule has 0 spiro atoms. The van der Waals surface area contributed by atoms with Crippen molar-refractivity contribution in [3.05, 3.63) is 26.8 Å². The van der Waals surface area contributed by atoms with E-state index in [1.54, 1.807) is 6.92 Å². The minimum absolute atomic E-state index is 0.130. The Hall–Kier alpha value is -1.43. The number of hydrogen-bond acceptors (Lipinski definition) is 4. The van der Waals surface area contributed by atoms with Crippen LogP contribution in [0.2, 0.25) is 0 Å². The van der Waals surface area contributed by atoms with Gasteiger partial charge in [-0.1, -0.05) is 0 Å². The summed E-state index contributed by atoms with van der Waals surface area (Å²) in [6.07, 6.45) is 0.388. The molecule has 1 rings (SSSR count). The second-order valence-corrected chi connectivity index (χ2v) is 2.62. The van der Waals surface area contributed by atoms with Gasteiger partial charge in [0.2, 0.25) is 0 Å². The number of nitrogens with two attached hydrogens (primary N) is 1. The first-order valence-electron chi connectivity index (χ1n) is 3.53. The minimum atomic E-state index is -0.644. The van der Waals surface area contributed by atoms with E-state index in [1.807, 2.05) is 4.98 Å². The third-order valence-electron chi connectivity index (χ3n) is 1.23. The van der Waals surface area contributed by atoms with Gasteiger partial charge in [-0.2, -0.15) is 4.98 Å². The first-order chi connectivity index (χ1) is 5.58. The molecule has 0 aliphatic heterocycles. The Balaban J connectivity index is 3.01. The van der Waals surface area contributed by atoms with Crippen LogP contribution in [0, 0.1) is 0 Å². The highest BCUT2D eigenvalue weighted by Gasteiger charge is 2.00. The van der Waals surface area contributed by atoms with Gasteiger partial charge in [0, 0.05) is 12.5 Å². The van der Waals surface area contributed by atoms with Crippen LogP contribution in [0.5, 0.6) is 0 Å². The largest absolute Gasteiger partial charge is 0.350 e. The van der Waals surface area contributed by atoms with Gasteiger partial charge in [0.25, 0.3) is 0 Å². The van der Waals surface area contributed by atoms with E-state index < -0.39 is 11.4 Å². The predicted octanol–water partition coefficient (Wildman–Crippen LogP) is -1.65. The Morgan fingerprint density at radius 3 is 2.67 bits per heavy atom. The summed E-state index contributed by atoms with van der Waals surface area (Å²) in [5, 5.41) is 0. The minimum Gasteiger partial charge on any atom is -0.328 e. The van der Waals surface area contributed by atoms with E-state index in [0.29, 0.717) is 12.2 Å². The van der Waals surface area contributed by atoms with Crippen molar-refractivity contribution >= 4 is 0 Å². The SMILES string of the molecule is CC(N)Cc1nc(=O)[nH]c(=O)[nH]1. The molecule has 6 heteroatoms. The Morgan fingerprint density at radius 2 is 2.17 bits per heavy atom. The molecule has 66 valence electrons. The maximum absolute atomic E-state index is 10.7. The first kappa shape index (κ1) is 8.66. The number of H-pyrrole nitrogens is 2. The van der Waals surface area contributed by atoms with Crippen molar-refractivity contribution in [1.29, 1.82) is 0 Å². The highest BCUT2D eigenvalue weighted by molar-refractivity contribution is 4.85. The van der Waals surface area contributed by atoms with Crippen LogP contribution in [0.15, 0.2) is 9.59 Å². The lowest BCUT2D eigenvalue weighted by atomic mass is 10.2. The van der Waals surface area contributed by atoms with Gasteiger partial charge in [0.1, 0.15) is 5.82 Å². The number of aromatic nitrogens is 3. The van der Waals surface area contributed by atoms with Crippen LogP contribution in [0.1, 0.15) is 12.7 Å². The number of nitrogens with zero attached hydrogens (tertiary/aromatic N) is 1. The Morgan fingerprint density at radius 1 is 1.50 bits per heavy atom. The van der Waals surface area contributed by atoms with Crippen LogP contribution < -0.4 is 17.1 Å². The van der Waals surface area contributed by atoms with Crippen LogP contribution in [0.25, 0.3) is 0 Å². The molecule has 0 aromatic carbocycles. The summed E-state index contributed by atoms with van der Waals surface area (Å²) in [5.74, 6) is 0.318. The van der Waals surface area contributed by atoms with Crippen molar-refractivity contribution in [2.24, 2.45) is 5.73 Å². The molecule has 1 aromatic heterocycles.